The van der Waals surface area contributed by atoms with E-state index in [0.717, 1.165) is 27.8 Å². The van der Waals surface area contributed by atoms with Gasteiger partial charge in [-0.2, -0.15) is 0 Å². The fourth-order valence-electron chi connectivity index (χ4n) is 3.95. The zero-order valence-electron chi connectivity index (χ0n) is 20.1. The van der Waals surface area contributed by atoms with Crippen LogP contribution in [0.1, 0.15) is 16.7 Å². The largest absolute Gasteiger partial charge is 0.493 e. The van der Waals surface area contributed by atoms with Crippen molar-refractivity contribution in [2.24, 2.45) is 0 Å². The van der Waals surface area contributed by atoms with Crippen molar-refractivity contribution in [2.45, 2.75) is 13.0 Å². The second-order valence-corrected chi connectivity index (χ2v) is 9.23. The van der Waals surface area contributed by atoms with E-state index in [1.54, 1.807) is 30.2 Å². The monoisotopic (exact) mass is 508 g/mol. The number of morpholine rings is 1. The third-order valence-electron chi connectivity index (χ3n) is 5.79. The number of methoxy groups -OCH3 is 1. The molecule has 2 aliphatic heterocycles. The summed E-state index contributed by atoms with van der Waals surface area (Å²) in [7, 11) is 1.55. The van der Waals surface area contributed by atoms with Gasteiger partial charge in [-0.15, -0.1) is 6.58 Å². The van der Waals surface area contributed by atoms with Crippen LogP contribution in [0, 0.1) is 0 Å². The molecule has 0 saturated carbocycles. The average molecular weight is 509 g/mol. The van der Waals surface area contributed by atoms with Crippen LogP contribution in [-0.4, -0.2) is 66.8 Å². The molecule has 0 aromatic heterocycles. The van der Waals surface area contributed by atoms with Gasteiger partial charge < -0.3 is 19.1 Å². The summed E-state index contributed by atoms with van der Waals surface area (Å²) in [5.41, 5.74) is 2.54. The minimum Gasteiger partial charge on any atom is -0.493 e. The van der Waals surface area contributed by atoms with E-state index in [0.29, 0.717) is 56.4 Å². The van der Waals surface area contributed by atoms with E-state index in [4.69, 9.17) is 14.2 Å². The van der Waals surface area contributed by atoms with Crippen molar-refractivity contribution in [3.8, 4) is 11.5 Å². The molecule has 0 atom stereocenters. The number of benzene rings is 2. The number of rotatable bonds is 9. The molecule has 0 N–H and O–H groups in total. The van der Waals surface area contributed by atoms with E-state index in [-0.39, 0.29) is 17.4 Å². The lowest BCUT2D eigenvalue weighted by Crippen LogP contribution is -2.46. The van der Waals surface area contributed by atoms with Gasteiger partial charge in [0.1, 0.15) is 13.2 Å². The van der Waals surface area contributed by atoms with Gasteiger partial charge in [-0.25, -0.2) is 0 Å². The number of thioether (sulfide) groups is 1. The summed E-state index contributed by atoms with van der Waals surface area (Å²) in [5.74, 6) is 0.359. The number of amides is 3. The summed E-state index contributed by atoms with van der Waals surface area (Å²) >= 11 is 0.821. The summed E-state index contributed by atoms with van der Waals surface area (Å²) in [5, 5.41) is -0.464. The Balaban J connectivity index is 1.54. The summed E-state index contributed by atoms with van der Waals surface area (Å²) in [6.07, 6.45) is 3.93. The molecule has 2 aromatic rings. The molecule has 3 amide bonds. The van der Waals surface area contributed by atoms with Gasteiger partial charge in [-0.1, -0.05) is 36.4 Å². The van der Waals surface area contributed by atoms with Crippen LogP contribution in [-0.2, 0) is 27.4 Å². The van der Waals surface area contributed by atoms with Crippen molar-refractivity contribution in [1.82, 2.24) is 9.80 Å². The first kappa shape index (κ1) is 25.5. The number of hydrogen-bond acceptors (Lipinski definition) is 7. The van der Waals surface area contributed by atoms with Gasteiger partial charge in [0.15, 0.2) is 11.5 Å². The van der Waals surface area contributed by atoms with Crippen LogP contribution in [0.15, 0.2) is 60.0 Å². The fraction of sp³-hybridized carbons (Fsp3) is 0.296. The van der Waals surface area contributed by atoms with E-state index in [2.05, 4.69) is 6.58 Å². The fourth-order valence-corrected chi connectivity index (χ4v) is 4.79. The van der Waals surface area contributed by atoms with E-state index in [9.17, 15) is 14.4 Å². The molecule has 188 valence electrons. The Kier molecular flexibility index (Phi) is 8.45. The number of ether oxygens (including phenoxy) is 3. The van der Waals surface area contributed by atoms with Gasteiger partial charge in [0.25, 0.3) is 11.1 Å². The highest BCUT2D eigenvalue weighted by atomic mass is 32.2. The molecule has 2 heterocycles. The number of imide groups is 1. The maximum atomic E-state index is 13.0. The van der Waals surface area contributed by atoms with Crippen LogP contribution in [0.2, 0.25) is 0 Å². The molecule has 8 nitrogen and oxygen atoms in total. The van der Waals surface area contributed by atoms with Gasteiger partial charge in [0.05, 0.1) is 25.2 Å². The van der Waals surface area contributed by atoms with Crippen LogP contribution in [0.4, 0.5) is 4.79 Å². The minimum absolute atomic E-state index is 0.249. The summed E-state index contributed by atoms with van der Waals surface area (Å²) < 4.78 is 17.0. The summed E-state index contributed by atoms with van der Waals surface area (Å²) in [4.78, 5) is 40.9. The smallest absolute Gasteiger partial charge is 0.294 e. The lowest BCUT2D eigenvalue weighted by atomic mass is 10.0. The van der Waals surface area contributed by atoms with Gasteiger partial charge in [-0.3, -0.25) is 19.3 Å². The van der Waals surface area contributed by atoms with Gasteiger partial charge >= 0.3 is 0 Å². The highest BCUT2D eigenvalue weighted by Crippen LogP contribution is 2.37. The third kappa shape index (κ3) is 5.98. The van der Waals surface area contributed by atoms with Crippen LogP contribution < -0.4 is 9.47 Å². The molecule has 0 unspecified atom stereocenters. The molecule has 4 rings (SSSR count). The molecule has 2 fully saturated rings. The number of nitrogens with zero attached hydrogens (tertiary/aromatic N) is 2. The van der Waals surface area contributed by atoms with E-state index in [1.807, 2.05) is 36.4 Å². The molecule has 0 radical (unpaired) electrons. The highest BCUT2D eigenvalue weighted by molar-refractivity contribution is 8.18. The first-order valence-electron chi connectivity index (χ1n) is 11.6. The maximum Gasteiger partial charge on any atom is 0.294 e. The minimum atomic E-state index is -0.486. The van der Waals surface area contributed by atoms with Crippen molar-refractivity contribution in [3.05, 3.63) is 76.7 Å². The number of carbonyl (C=O) groups is 3. The summed E-state index contributed by atoms with van der Waals surface area (Å²) in [6, 6.07) is 13.5. The van der Waals surface area contributed by atoms with E-state index >= 15 is 0 Å². The number of carbonyl (C=O) groups excluding carboxylic acids is 3. The zero-order valence-corrected chi connectivity index (χ0v) is 20.9. The van der Waals surface area contributed by atoms with Gasteiger partial charge in [-0.05, 0) is 47.5 Å². The zero-order chi connectivity index (χ0) is 25.5. The summed E-state index contributed by atoms with van der Waals surface area (Å²) in [6.45, 7) is 5.74. The highest BCUT2D eigenvalue weighted by Gasteiger charge is 2.37. The predicted octanol–water partition coefficient (Wildman–Crippen LogP) is 3.90. The lowest BCUT2D eigenvalue weighted by molar-refractivity contribution is -0.139. The first-order chi connectivity index (χ1) is 17.5. The Morgan fingerprint density at radius 3 is 2.61 bits per heavy atom. The molecule has 36 heavy (non-hydrogen) atoms. The molecular weight excluding hydrogens is 480 g/mol. The lowest BCUT2D eigenvalue weighted by Gasteiger charge is -2.28. The second-order valence-electron chi connectivity index (χ2n) is 8.24. The normalized spacial score (nSPS) is 17.0. The second kappa shape index (κ2) is 11.9. The molecule has 2 saturated heterocycles. The number of hydrogen-bond donors (Lipinski definition) is 0. The molecule has 2 aliphatic rings. The SMILES string of the molecule is C=CCc1cc(/C=C2/SC(=O)N(CC(=O)N3CCOCC3)C2=O)cc(OC)c1OCc1ccccc1. The van der Waals surface area contributed by atoms with Crippen LogP contribution in [0.25, 0.3) is 6.08 Å². The quantitative estimate of drug-likeness (QED) is 0.375. The van der Waals surface area contributed by atoms with Crippen molar-refractivity contribution < 1.29 is 28.6 Å². The topological polar surface area (TPSA) is 85.4 Å². The Hall–Kier alpha value is -3.56. The Bertz CT molecular complexity index is 1170. The van der Waals surface area contributed by atoms with Crippen LogP contribution in [0.5, 0.6) is 11.5 Å². The van der Waals surface area contributed by atoms with Crippen molar-refractivity contribution in [1.29, 1.82) is 0 Å². The Morgan fingerprint density at radius 2 is 1.92 bits per heavy atom. The third-order valence-corrected chi connectivity index (χ3v) is 6.70. The Labute approximate surface area is 214 Å². The average Bonchev–Trinajstić information content (AvgIpc) is 3.16. The van der Waals surface area contributed by atoms with Crippen molar-refractivity contribution >= 4 is 34.9 Å². The standard InChI is InChI=1S/C27H28N2O6S/c1-3-7-21-14-20(15-22(33-2)25(21)35-18-19-8-5-4-6-9-19)16-23-26(31)29(27(32)36-23)17-24(30)28-10-12-34-13-11-28/h3-6,8-9,14-16H,1,7,10-13,17-18H2,2H3/b23-16+. The molecule has 9 heteroatoms. The van der Waals surface area contributed by atoms with Gasteiger partial charge in [0, 0.05) is 18.7 Å². The van der Waals surface area contributed by atoms with Crippen molar-refractivity contribution in [2.75, 3.05) is 40.0 Å². The Morgan fingerprint density at radius 1 is 1.17 bits per heavy atom. The van der Waals surface area contributed by atoms with E-state index in [1.165, 1.54) is 0 Å². The molecule has 0 aliphatic carbocycles. The molecule has 0 spiro atoms. The first-order valence-corrected chi connectivity index (χ1v) is 12.4. The molecule has 0 bridgehead atoms. The number of allylic oxidation sites excluding steroid dienone is 1. The predicted molar refractivity (Wildman–Crippen MR) is 138 cm³/mol. The molecule has 2 aromatic carbocycles. The van der Waals surface area contributed by atoms with Gasteiger partial charge in [0.2, 0.25) is 5.91 Å². The van der Waals surface area contributed by atoms with Crippen LogP contribution >= 0.6 is 11.8 Å². The molecular formula is C27H28N2O6S. The maximum absolute atomic E-state index is 13.0. The van der Waals surface area contributed by atoms with E-state index < -0.39 is 11.1 Å². The van der Waals surface area contributed by atoms with Crippen molar-refractivity contribution in [3.63, 3.8) is 0 Å². The van der Waals surface area contributed by atoms with Crippen LogP contribution in [0.3, 0.4) is 0 Å².